The number of alkyl halides is 3. The average Bonchev–Trinajstić information content (AvgIpc) is 3.53. The van der Waals surface area contributed by atoms with E-state index in [0.717, 1.165) is 22.9 Å². The summed E-state index contributed by atoms with van der Waals surface area (Å²) < 4.78 is 44.0. The van der Waals surface area contributed by atoms with Gasteiger partial charge < -0.3 is 10.4 Å². The first-order valence-corrected chi connectivity index (χ1v) is 11.0. The van der Waals surface area contributed by atoms with Crippen LogP contribution in [-0.2, 0) is 20.3 Å². The van der Waals surface area contributed by atoms with E-state index in [0.29, 0.717) is 26.7 Å². The lowest BCUT2D eigenvalue weighted by molar-refractivity contribution is -0.137. The average molecular weight is 488 g/mol. The fourth-order valence-electron chi connectivity index (χ4n) is 3.88. The van der Waals surface area contributed by atoms with Gasteiger partial charge in [-0.1, -0.05) is 0 Å². The highest BCUT2D eigenvalue weighted by atomic mass is 32.1. The van der Waals surface area contributed by atoms with Gasteiger partial charge in [-0.15, -0.1) is 11.3 Å². The maximum atomic E-state index is 13.0. The van der Waals surface area contributed by atoms with Gasteiger partial charge in [0.1, 0.15) is 4.83 Å². The van der Waals surface area contributed by atoms with E-state index in [1.54, 1.807) is 52.6 Å². The number of aromatic nitrogens is 5. The molecule has 1 unspecified atom stereocenters. The van der Waals surface area contributed by atoms with E-state index in [2.05, 4.69) is 15.5 Å². The quantitative estimate of drug-likeness (QED) is 0.394. The molecule has 0 spiro atoms. The summed E-state index contributed by atoms with van der Waals surface area (Å²) in [6, 6.07) is 7.59. The molecule has 8 nitrogen and oxygen atoms in total. The molecule has 0 fully saturated rings. The molecule has 4 heterocycles. The molecule has 1 aromatic carbocycles. The predicted octanol–water partition coefficient (Wildman–Crippen LogP) is 3.79. The molecule has 5 rings (SSSR count). The molecule has 0 saturated carbocycles. The van der Waals surface area contributed by atoms with Crippen LogP contribution in [0.25, 0.3) is 26.9 Å². The number of halogens is 3. The van der Waals surface area contributed by atoms with Gasteiger partial charge in [0.25, 0.3) is 5.91 Å². The van der Waals surface area contributed by atoms with E-state index in [1.165, 1.54) is 23.5 Å². The van der Waals surface area contributed by atoms with Crippen LogP contribution in [-0.4, -0.2) is 41.7 Å². The summed E-state index contributed by atoms with van der Waals surface area (Å²) in [7, 11) is 3.49. The van der Waals surface area contributed by atoms with Crippen LogP contribution in [0, 0.1) is 0 Å². The summed E-state index contributed by atoms with van der Waals surface area (Å²) in [4.78, 5) is 14.1. The first-order valence-electron chi connectivity index (χ1n) is 10.2. The molecular formula is C22H19F3N6O2S. The Bertz CT molecular complexity index is 1510. The Kier molecular flexibility index (Phi) is 5.21. The standard InChI is InChI=1S/C22H19F3N6O2S/c1-29-8-7-16(27-29)17(11-32)26-20(33)18-9-14-15-10-30(2)28-19(15)31(21(14)34-18)13-5-3-12(4-6-13)22(23,24)25/h3-10,17,32H,11H2,1-2H3,(H,26,33). The summed E-state index contributed by atoms with van der Waals surface area (Å²) in [6.07, 6.45) is -0.914. The lowest BCUT2D eigenvalue weighted by Gasteiger charge is -2.13. The molecule has 0 aliphatic carbocycles. The Morgan fingerprint density at radius 2 is 1.85 bits per heavy atom. The van der Waals surface area contributed by atoms with Crippen molar-refractivity contribution in [2.24, 2.45) is 14.1 Å². The molecule has 2 N–H and O–H groups in total. The molecule has 0 aliphatic heterocycles. The van der Waals surface area contributed by atoms with Crippen LogP contribution in [0.4, 0.5) is 13.2 Å². The Morgan fingerprint density at radius 3 is 2.47 bits per heavy atom. The Hall–Kier alpha value is -3.64. The Balaban J connectivity index is 1.56. The maximum Gasteiger partial charge on any atom is 0.416 e. The van der Waals surface area contributed by atoms with Crippen LogP contribution in [0.2, 0.25) is 0 Å². The lowest BCUT2D eigenvalue weighted by atomic mass is 10.2. The second kappa shape index (κ2) is 7.99. The van der Waals surface area contributed by atoms with Gasteiger partial charge in [-0.3, -0.25) is 18.7 Å². The third-order valence-electron chi connectivity index (χ3n) is 5.48. The van der Waals surface area contributed by atoms with Crippen LogP contribution in [0.1, 0.15) is 27.0 Å². The molecule has 0 bridgehead atoms. The zero-order chi connectivity index (χ0) is 24.2. The minimum atomic E-state index is -4.43. The van der Waals surface area contributed by atoms with Crippen LogP contribution < -0.4 is 5.32 Å². The third-order valence-corrected chi connectivity index (χ3v) is 6.60. The SMILES string of the molecule is Cn1ccc(C(CO)NC(=O)c2cc3c4cn(C)nc4n(-c4ccc(C(F)(F)F)cc4)c3s2)n1. The number of aryl methyl sites for hydroxylation is 2. The van der Waals surface area contributed by atoms with Crippen molar-refractivity contribution in [3.05, 3.63) is 64.9 Å². The number of amides is 1. The van der Waals surface area contributed by atoms with Gasteiger partial charge in [0.2, 0.25) is 0 Å². The van der Waals surface area contributed by atoms with E-state index >= 15 is 0 Å². The number of nitrogens with zero attached hydrogens (tertiary/aromatic N) is 5. The number of benzene rings is 1. The fraction of sp³-hybridized carbons (Fsp3) is 0.227. The minimum Gasteiger partial charge on any atom is -0.394 e. The number of thiophene rings is 1. The van der Waals surface area contributed by atoms with Gasteiger partial charge in [-0.05, 0) is 36.4 Å². The number of carbonyl (C=O) groups is 1. The van der Waals surface area contributed by atoms with Gasteiger partial charge in [-0.2, -0.15) is 23.4 Å². The molecular weight excluding hydrogens is 469 g/mol. The van der Waals surface area contributed by atoms with Gasteiger partial charge in [0.05, 0.1) is 28.8 Å². The summed E-state index contributed by atoms with van der Waals surface area (Å²) in [5.74, 6) is -0.387. The zero-order valence-corrected chi connectivity index (χ0v) is 18.9. The minimum absolute atomic E-state index is 0.321. The molecule has 0 saturated heterocycles. The van der Waals surface area contributed by atoms with Crippen molar-refractivity contribution in [3.8, 4) is 5.69 Å². The summed E-state index contributed by atoms with van der Waals surface area (Å²) in [5, 5.41) is 22.8. The van der Waals surface area contributed by atoms with E-state index in [4.69, 9.17) is 0 Å². The Labute approximate surface area is 194 Å². The molecule has 12 heteroatoms. The lowest BCUT2D eigenvalue weighted by Crippen LogP contribution is -2.30. The number of nitrogens with one attached hydrogen (secondary N) is 1. The van der Waals surface area contributed by atoms with Gasteiger partial charge in [0.15, 0.2) is 5.65 Å². The molecule has 1 amide bonds. The van der Waals surface area contributed by atoms with Crippen LogP contribution in [0.15, 0.2) is 48.8 Å². The molecule has 4 aromatic heterocycles. The highest BCUT2D eigenvalue weighted by molar-refractivity contribution is 7.20. The monoisotopic (exact) mass is 488 g/mol. The van der Waals surface area contributed by atoms with E-state index in [9.17, 15) is 23.1 Å². The summed E-state index contributed by atoms with van der Waals surface area (Å²) in [6.45, 7) is -0.321. The normalized spacial score (nSPS) is 13.1. The number of aliphatic hydroxyl groups is 1. The number of carbonyl (C=O) groups excluding carboxylic acids is 1. The zero-order valence-electron chi connectivity index (χ0n) is 18.0. The van der Waals surface area contributed by atoms with E-state index < -0.39 is 17.8 Å². The van der Waals surface area contributed by atoms with E-state index in [1.807, 2.05) is 0 Å². The van der Waals surface area contributed by atoms with Crippen molar-refractivity contribution in [1.29, 1.82) is 0 Å². The first kappa shape index (κ1) is 22.2. The predicted molar refractivity (Wildman–Crippen MR) is 121 cm³/mol. The van der Waals surface area contributed by atoms with Crippen molar-refractivity contribution >= 4 is 38.5 Å². The van der Waals surface area contributed by atoms with Gasteiger partial charge in [0, 0.05) is 42.9 Å². The third kappa shape index (κ3) is 3.74. The molecule has 0 radical (unpaired) electrons. The van der Waals surface area contributed by atoms with Crippen LogP contribution in [0.5, 0.6) is 0 Å². The number of aliphatic hydroxyl groups excluding tert-OH is 1. The maximum absolute atomic E-state index is 13.0. The van der Waals surface area contributed by atoms with Gasteiger partial charge >= 0.3 is 6.18 Å². The van der Waals surface area contributed by atoms with Crippen molar-refractivity contribution in [2.75, 3.05) is 6.61 Å². The Morgan fingerprint density at radius 1 is 1.12 bits per heavy atom. The van der Waals surface area contributed by atoms with Crippen molar-refractivity contribution in [2.45, 2.75) is 12.2 Å². The molecule has 176 valence electrons. The number of hydrogen-bond donors (Lipinski definition) is 2. The van der Waals surface area contributed by atoms with Gasteiger partial charge in [-0.25, -0.2) is 0 Å². The van der Waals surface area contributed by atoms with E-state index in [-0.39, 0.29) is 12.5 Å². The highest BCUT2D eigenvalue weighted by Crippen LogP contribution is 2.38. The van der Waals surface area contributed by atoms with Crippen LogP contribution in [0.3, 0.4) is 0 Å². The molecule has 1 atom stereocenters. The second-order valence-electron chi connectivity index (χ2n) is 7.87. The number of hydrogen-bond acceptors (Lipinski definition) is 5. The van der Waals surface area contributed by atoms with Crippen molar-refractivity contribution in [3.63, 3.8) is 0 Å². The smallest absolute Gasteiger partial charge is 0.394 e. The topological polar surface area (TPSA) is 89.9 Å². The molecule has 34 heavy (non-hydrogen) atoms. The largest absolute Gasteiger partial charge is 0.416 e. The molecule has 0 aliphatic rings. The second-order valence-corrected chi connectivity index (χ2v) is 8.90. The summed E-state index contributed by atoms with van der Waals surface area (Å²) in [5.41, 5.74) is 0.871. The highest BCUT2D eigenvalue weighted by Gasteiger charge is 2.30. The first-order chi connectivity index (χ1) is 16.2. The van der Waals surface area contributed by atoms with Crippen molar-refractivity contribution < 1.29 is 23.1 Å². The summed E-state index contributed by atoms with van der Waals surface area (Å²) >= 11 is 1.20. The van der Waals surface area contributed by atoms with Crippen molar-refractivity contribution in [1.82, 2.24) is 29.4 Å². The fourth-order valence-corrected chi connectivity index (χ4v) is 4.98. The number of fused-ring (bicyclic) bond motifs is 3. The number of rotatable bonds is 5. The van der Waals surface area contributed by atoms with Crippen LogP contribution >= 0.6 is 11.3 Å². The molecule has 5 aromatic rings.